The Kier molecular flexibility index (Phi) is 7.64. The van der Waals surface area contributed by atoms with Crippen LogP contribution in [0, 0.1) is 5.82 Å². The van der Waals surface area contributed by atoms with E-state index in [0.29, 0.717) is 23.2 Å². The lowest BCUT2D eigenvalue weighted by molar-refractivity contribution is -0.118. The SMILES string of the molecule is CN(C)CCN(C(=O)CCCS(=O)(=O)c1ccc(F)cc1)c1nc2ccc(Cl)cc2s1. The summed E-state index contributed by atoms with van der Waals surface area (Å²) >= 11 is 7.43. The summed E-state index contributed by atoms with van der Waals surface area (Å²) in [6.45, 7) is 1.07. The van der Waals surface area contributed by atoms with Gasteiger partial charge >= 0.3 is 0 Å². The van der Waals surface area contributed by atoms with Crippen LogP contribution in [0.3, 0.4) is 0 Å². The number of nitrogens with zero attached hydrogens (tertiary/aromatic N) is 3. The van der Waals surface area contributed by atoms with Gasteiger partial charge in [-0.25, -0.2) is 17.8 Å². The molecule has 166 valence electrons. The smallest absolute Gasteiger partial charge is 0.228 e. The number of thiazole rings is 1. The summed E-state index contributed by atoms with van der Waals surface area (Å²) in [6, 6.07) is 10.1. The van der Waals surface area contributed by atoms with E-state index >= 15 is 0 Å². The third-order valence-corrected chi connectivity index (χ3v) is 7.71. The van der Waals surface area contributed by atoms with Crippen LogP contribution in [0.4, 0.5) is 9.52 Å². The Morgan fingerprint density at radius 2 is 1.84 bits per heavy atom. The molecule has 0 radical (unpaired) electrons. The Labute approximate surface area is 190 Å². The van der Waals surface area contributed by atoms with E-state index in [4.69, 9.17) is 11.6 Å². The number of hydrogen-bond acceptors (Lipinski definition) is 6. The number of benzene rings is 2. The first-order valence-corrected chi connectivity index (χ1v) is 12.5. The molecule has 1 heterocycles. The molecular weight excluding hydrogens is 461 g/mol. The van der Waals surface area contributed by atoms with Crippen molar-refractivity contribution in [2.45, 2.75) is 17.7 Å². The maximum absolute atomic E-state index is 13.1. The minimum atomic E-state index is -3.59. The van der Waals surface area contributed by atoms with Gasteiger partial charge < -0.3 is 4.90 Å². The van der Waals surface area contributed by atoms with Gasteiger partial charge in [-0.3, -0.25) is 9.69 Å². The molecule has 0 fully saturated rings. The summed E-state index contributed by atoms with van der Waals surface area (Å²) in [5.41, 5.74) is 0.756. The summed E-state index contributed by atoms with van der Waals surface area (Å²) in [6.07, 6.45) is 0.221. The third-order valence-electron chi connectivity index (χ3n) is 4.62. The van der Waals surface area contributed by atoms with Crippen LogP contribution in [0.15, 0.2) is 47.4 Å². The van der Waals surface area contributed by atoms with Crippen molar-refractivity contribution in [3.05, 3.63) is 53.3 Å². The van der Waals surface area contributed by atoms with E-state index in [1.807, 2.05) is 31.1 Å². The number of amides is 1. The number of halogens is 2. The van der Waals surface area contributed by atoms with Gasteiger partial charge in [-0.15, -0.1) is 0 Å². The van der Waals surface area contributed by atoms with Crippen molar-refractivity contribution in [3.63, 3.8) is 0 Å². The molecule has 0 aliphatic heterocycles. The first-order chi connectivity index (χ1) is 14.7. The Hall–Kier alpha value is -2.07. The van der Waals surface area contributed by atoms with Gasteiger partial charge in [0, 0.05) is 24.5 Å². The number of fused-ring (bicyclic) bond motifs is 1. The first kappa shape index (κ1) is 23.6. The molecule has 0 bridgehead atoms. The molecule has 0 aliphatic carbocycles. The van der Waals surface area contributed by atoms with E-state index < -0.39 is 15.7 Å². The van der Waals surface area contributed by atoms with Gasteiger partial charge in [0.05, 0.1) is 20.9 Å². The molecule has 0 aliphatic rings. The van der Waals surface area contributed by atoms with Crippen LogP contribution < -0.4 is 4.90 Å². The summed E-state index contributed by atoms with van der Waals surface area (Å²) in [5, 5.41) is 1.16. The zero-order chi connectivity index (χ0) is 22.6. The number of aromatic nitrogens is 1. The van der Waals surface area contributed by atoms with Crippen molar-refractivity contribution >= 4 is 54.0 Å². The van der Waals surface area contributed by atoms with Crippen molar-refractivity contribution < 1.29 is 17.6 Å². The van der Waals surface area contributed by atoms with E-state index in [-0.39, 0.29) is 29.4 Å². The number of rotatable bonds is 9. The predicted molar refractivity (Wildman–Crippen MR) is 123 cm³/mol. The monoisotopic (exact) mass is 483 g/mol. The Morgan fingerprint density at radius 3 is 2.52 bits per heavy atom. The molecule has 0 N–H and O–H groups in total. The highest BCUT2D eigenvalue weighted by atomic mass is 35.5. The topological polar surface area (TPSA) is 70.6 Å². The van der Waals surface area contributed by atoms with E-state index in [1.165, 1.54) is 23.5 Å². The molecule has 0 unspecified atom stereocenters. The average molecular weight is 484 g/mol. The van der Waals surface area contributed by atoms with Gasteiger partial charge in [0.1, 0.15) is 5.82 Å². The van der Waals surface area contributed by atoms with E-state index in [9.17, 15) is 17.6 Å². The number of sulfone groups is 1. The summed E-state index contributed by atoms with van der Waals surface area (Å²) in [7, 11) is 0.238. The van der Waals surface area contributed by atoms with Crippen molar-refractivity contribution in [1.29, 1.82) is 0 Å². The van der Waals surface area contributed by atoms with Crippen LogP contribution in [0.5, 0.6) is 0 Å². The van der Waals surface area contributed by atoms with Gasteiger partial charge in [-0.1, -0.05) is 22.9 Å². The number of carbonyl (C=O) groups excluding carboxylic acids is 1. The quantitative estimate of drug-likeness (QED) is 0.426. The summed E-state index contributed by atoms with van der Waals surface area (Å²) in [5.74, 6) is -0.884. The van der Waals surface area contributed by atoms with Crippen LogP contribution in [-0.2, 0) is 14.6 Å². The highest BCUT2D eigenvalue weighted by Crippen LogP contribution is 2.31. The molecule has 0 atom stereocenters. The van der Waals surface area contributed by atoms with Gasteiger partial charge in [-0.2, -0.15) is 0 Å². The van der Waals surface area contributed by atoms with Crippen LogP contribution >= 0.6 is 22.9 Å². The van der Waals surface area contributed by atoms with Crippen LogP contribution in [0.25, 0.3) is 10.2 Å². The molecule has 3 aromatic rings. The van der Waals surface area contributed by atoms with Crippen LogP contribution in [-0.4, -0.2) is 57.1 Å². The standard InChI is InChI=1S/C21H23ClFN3O3S2/c1-25(2)11-12-26(21-24-18-10-5-15(22)14-19(18)30-21)20(27)4-3-13-31(28,29)17-8-6-16(23)7-9-17/h5-10,14H,3-4,11-13H2,1-2H3. The lowest BCUT2D eigenvalue weighted by Crippen LogP contribution is -2.36. The first-order valence-electron chi connectivity index (χ1n) is 9.65. The molecule has 6 nitrogen and oxygen atoms in total. The van der Waals surface area contributed by atoms with Crippen molar-refractivity contribution in [2.24, 2.45) is 0 Å². The van der Waals surface area contributed by atoms with Crippen molar-refractivity contribution in [2.75, 3.05) is 37.8 Å². The minimum Gasteiger partial charge on any atom is -0.308 e. The van der Waals surface area contributed by atoms with Crippen LogP contribution in [0.1, 0.15) is 12.8 Å². The molecule has 0 saturated heterocycles. The Morgan fingerprint density at radius 1 is 1.13 bits per heavy atom. The molecule has 10 heteroatoms. The van der Waals surface area contributed by atoms with Gasteiger partial charge in [-0.05, 0) is 63.0 Å². The maximum Gasteiger partial charge on any atom is 0.228 e. The van der Waals surface area contributed by atoms with Gasteiger partial charge in [0.15, 0.2) is 15.0 Å². The number of likely N-dealkylation sites (N-methyl/N-ethyl adjacent to an activating group) is 1. The second kappa shape index (κ2) is 10.0. The highest BCUT2D eigenvalue weighted by Gasteiger charge is 2.21. The van der Waals surface area contributed by atoms with Gasteiger partial charge in [0.2, 0.25) is 5.91 Å². The third kappa shape index (κ3) is 6.22. The lowest BCUT2D eigenvalue weighted by atomic mass is 10.3. The fourth-order valence-electron chi connectivity index (χ4n) is 2.94. The summed E-state index contributed by atoms with van der Waals surface area (Å²) in [4.78, 5) is 21.1. The molecular formula is C21H23ClFN3O3S2. The predicted octanol–water partition coefficient (Wildman–Crippen LogP) is 4.24. The fourth-order valence-corrected chi connectivity index (χ4v) is 5.53. The molecule has 1 aromatic heterocycles. The zero-order valence-electron chi connectivity index (χ0n) is 17.2. The molecule has 0 spiro atoms. The largest absolute Gasteiger partial charge is 0.308 e. The normalized spacial score (nSPS) is 11.9. The zero-order valence-corrected chi connectivity index (χ0v) is 19.6. The number of anilines is 1. The van der Waals surface area contributed by atoms with E-state index in [2.05, 4.69) is 4.98 Å². The highest BCUT2D eigenvalue weighted by molar-refractivity contribution is 7.91. The Balaban J connectivity index is 1.71. The fraction of sp³-hybridized carbons (Fsp3) is 0.333. The molecule has 3 rings (SSSR count). The maximum atomic E-state index is 13.1. The number of hydrogen-bond donors (Lipinski definition) is 0. The summed E-state index contributed by atoms with van der Waals surface area (Å²) < 4.78 is 38.8. The van der Waals surface area contributed by atoms with Crippen molar-refractivity contribution in [1.82, 2.24) is 9.88 Å². The van der Waals surface area contributed by atoms with E-state index in [0.717, 1.165) is 22.3 Å². The molecule has 1 amide bonds. The van der Waals surface area contributed by atoms with Crippen molar-refractivity contribution in [3.8, 4) is 0 Å². The van der Waals surface area contributed by atoms with E-state index in [1.54, 1.807) is 11.0 Å². The average Bonchev–Trinajstić information content (AvgIpc) is 3.10. The Bertz CT molecular complexity index is 1160. The molecule has 31 heavy (non-hydrogen) atoms. The number of carbonyl (C=O) groups is 1. The lowest BCUT2D eigenvalue weighted by Gasteiger charge is -2.22. The minimum absolute atomic E-state index is 0.0499. The van der Waals surface area contributed by atoms with Crippen LogP contribution in [0.2, 0.25) is 5.02 Å². The molecule has 0 saturated carbocycles. The van der Waals surface area contributed by atoms with Gasteiger partial charge in [0.25, 0.3) is 0 Å². The second-order valence-electron chi connectivity index (χ2n) is 7.33. The molecule has 2 aromatic carbocycles. The second-order valence-corrected chi connectivity index (χ2v) is 10.9.